The molecule has 3 heteroatoms. The fourth-order valence-electron chi connectivity index (χ4n) is 2.63. The lowest BCUT2D eigenvalue weighted by molar-refractivity contribution is 0.177. The minimum atomic E-state index is -0.557. The van der Waals surface area contributed by atoms with Crippen molar-refractivity contribution in [1.82, 2.24) is 4.98 Å². The maximum absolute atomic E-state index is 10.4. The smallest absolute Gasteiger partial charge is 0.106 e. The first-order chi connectivity index (χ1) is 9.65. The number of pyridine rings is 1. The Hall–Kier alpha value is -2.13. The lowest BCUT2D eigenvalue weighted by Gasteiger charge is -2.11. The summed E-state index contributed by atoms with van der Waals surface area (Å²) in [5.41, 5.74) is 2.92. The molecule has 102 valence electrons. The Bertz CT molecular complexity index is 740. The number of aromatic nitrogens is 1. The van der Waals surface area contributed by atoms with Gasteiger partial charge in [-0.3, -0.25) is 4.98 Å². The van der Waals surface area contributed by atoms with Crippen LogP contribution in [0.2, 0.25) is 0 Å². The van der Waals surface area contributed by atoms with Gasteiger partial charge in [-0.25, -0.2) is 0 Å². The molecule has 0 amide bonds. The minimum Gasteiger partial charge on any atom is -0.466 e. The number of aliphatic hydroxyl groups excluding tert-OH is 1. The molecule has 0 saturated carbocycles. The van der Waals surface area contributed by atoms with Crippen LogP contribution in [0.15, 0.2) is 47.0 Å². The van der Waals surface area contributed by atoms with Gasteiger partial charge < -0.3 is 9.52 Å². The normalized spacial score (nSPS) is 12.8. The van der Waals surface area contributed by atoms with Crippen molar-refractivity contribution in [2.45, 2.75) is 26.4 Å². The zero-order valence-corrected chi connectivity index (χ0v) is 11.6. The molecule has 1 aromatic carbocycles. The van der Waals surface area contributed by atoms with Crippen LogP contribution in [0.4, 0.5) is 0 Å². The highest BCUT2D eigenvalue weighted by atomic mass is 16.3. The Morgan fingerprint density at radius 2 is 2.00 bits per heavy atom. The van der Waals surface area contributed by atoms with Crippen molar-refractivity contribution in [2.24, 2.45) is 0 Å². The molecule has 1 unspecified atom stereocenters. The Morgan fingerprint density at radius 1 is 1.20 bits per heavy atom. The van der Waals surface area contributed by atoms with E-state index in [4.69, 9.17) is 4.42 Å². The number of para-hydroxylation sites is 1. The molecular weight excluding hydrogens is 250 g/mol. The zero-order valence-electron chi connectivity index (χ0n) is 11.6. The van der Waals surface area contributed by atoms with Gasteiger partial charge in [-0.1, -0.05) is 18.2 Å². The van der Waals surface area contributed by atoms with E-state index in [2.05, 4.69) is 4.98 Å². The van der Waals surface area contributed by atoms with Crippen LogP contribution in [-0.2, 0) is 6.42 Å². The average molecular weight is 267 g/mol. The van der Waals surface area contributed by atoms with Crippen molar-refractivity contribution < 1.29 is 9.52 Å². The first kappa shape index (κ1) is 12.9. The van der Waals surface area contributed by atoms with Crippen LogP contribution in [0.5, 0.6) is 0 Å². The summed E-state index contributed by atoms with van der Waals surface area (Å²) in [7, 11) is 0. The number of aliphatic hydroxyl groups is 1. The Balaban J connectivity index is 1.95. The van der Waals surface area contributed by atoms with Gasteiger partial charge in [0.2, 0.25) is 0 Å². The lowest BCUT2D eigenvalue weighted by Crippen LogP contribution is -2.03. The molecule has 0 aliphatic heterocycles. The van der Waals surface area contributed by atoms with Crippen molar-refractivity contribution in [2.75, 3.05) is 0 Å². The Kier molecular flexibility index (Phi) is 3.28. The average Bonchev–Trinajstić information content (AvgIpc) is 2.78. The van der Waals surface area contributed by atoms with Crippen molar-refractivity contribution >= 4 is 10.9 Å². The molecule has 2 heterocycles. The zero-order chi connectivity index (χ0) is 14.1. The maximum atomic E-state index is 10.4. The molecule has 3 nitrogen and oxygen atoms in total. The standard InChI is InChI=1S/C17H17NO2/c1-11-9-15(12(2)20-11)17(19)10-13-7-8-18-16-6-4-3-5-14(13)16/h3-9,17,19H,10H2,1-2H3. The molecular formula is C17H17NO2. The van der Waals surface area contributed by atoms with Crippen LogP contribution >= 0.6 is 0 Å². The van der Waals surface area contributed by atoms with Crippen LogP contribution in [-0.4, -0.2) is 10.1 Å². The maximum Gasteiger partial charge on any atom is 0.106 e. The molecule has 3 rings (SSSR count). The minimum absolute atomic E-state index is 0.557. The number of hydrogen-bond acceptors (Lipinski definition) is 3. The van der Waals surface area contributed by atoms with Gasteiger partial charge in [0.1, 0.15) is 11.5 Å². The second-order valence-corrected chi connectivity index (χ2v) is 5.08. The van der Waals surface area contributed by atoms with Gasteiger partial charge in [0.25, 0.3) is 0 Å². The molecule has 0 bridgehead atoms. The van der Waals surface area contributed by atoms with Gasteiger partial charge in [-0.15, -0.1) is 0 Å². The summed E-state index contributed by atoms with van der Waals surface area (Å²) < 4.78 is 5.49. The van der Waals surface area contributed by atoms with E-state index in [1.807, 2.05) is 50.2 Å². The van der Waals surface area contributed by atoms with Gasteiger partial charge in [0.05, 0.1) is 11.6 Å². The molecule has 20 heavy (non-hydrogen) atoms. The summed E-state index contributed by atoms with van der Waals surface area (Å²) in [6.07, 6.45) is 1.79. The molecule has 0 fully saturated rings. The van der Waals surface area contributed by atoms with Crippen molar-refractivity contribution in [3.8, 4) is 0 Å². The number of rotatable bonds is 3. The number of fused-ring (bicyclic) bond motifs is 1. The van der Waals surface area contributed by atoms with Gasteiger partial charge in [-0.05, 0) is 37.6 Å². The summed E-state index contributed by atoms with van der Waals surface area (Å²) in [5, 5.41) is 11.5. The summed E-state index contributed by atoms with van der Waals surface area (Å²) in [5.74, 6) is 1.62. The Morgan fingerprint density at radius 3 is 2.75 bits per heavy atom. The Labute approximate surface area is 117 Å². The lowest BCUT2D eigenvalue weighted by atomic mass is 9.99. The van der Waals surface area contributed by atoms with Crippen LogP contribution in [0, 0.1) is 13.8 Å². The second kappa shape index (κ2) is 5.10. The molecule has 1 N–H and O–H groups in total. The van der Waals surface area contributed by atoms with Gasteiger partial charge >= 0.3 is 0 Å². The van der Waals surface area contributed by atoms with E-state index in [1.165, 1.54) is 0 Å². The highest BCUT2D eigenvalue weighted by Gasteiger charge is 2.16. The molecule has 1 atom stereocenters. The van der Waals surface area contributed by atoms with E-state index in [-0.39, 0.29) is 0 Å². The third-order valence-corrected chi connectivity index (χ3v) is 3.59. The van der Waals surface area contributed by atoms with Crippen LogP contribution in [0.25, 0.3) is 10.9 Å². The van der Waals surface area contributed by atoms with Gasteiger partial charge in [-0.2, -0.15) is 0 Å². The van der Waals surface area contributed by atoms with Gasteiger partial charge in [0.15, 0.2) is 0 Å². The second-order valence-electron chi connectivity index (χ2n) is 5.08. The molecule has 2 aromatic heterocycles. The predicted octanol–water partition coefficient (Wildman–Crippen LogP) is 3.72. The fourth-order valence-corrected chi connectivity index (χ4v) is 2.63. The van der Waals surface area contributed by atoms with Crippen molar-refractivity contribution in [3.63, 3.8) is 0 Å². The van der Waals surface area contributed by atoms with Crippen LogP contribution < -0.4 is 0 Å². The number of benzene rings is 1. The third kappa shape index (κ3) is 2.32. The van der Waals surface area contributed by atoms with E-state index in [1.54, 1.807) is 6.20 Å². The molecule has 3 aromatic rings. The molecule has 0 radical (unpaired) electrons. The van der Waals surface area contributed by atoms with Crippen LogP contribution in [0.3, 0.4) is 0 Å². The quantitative estimate of drug-likeness (QED) is 0.786. The van der Waals surface area contributed by atoms with Crippen molar-refractivity contribution in [3.05, 3.63) is 65.2 Å². The number of furan rings is 1. The van der Waals surface area contributed by atoms with Gasteiger partial charge in [0, 0.05) is 23.6 Å². The highest BCUT2D eigenvalue weighted by Crippen LogP contribution is 2.27. The number of nitrogens with zero attached hydrogens (tertiary/aromatic N) is 1. The first-order valence-corrected chi connectivity index (χ1v) is 6.73. The summed E-state index contributed by atoms with van der Waals surface area (Å²) >= 11 is 0. The number of hydrogen-bond donors (Lipinski definition) is 1. The monoisotopic (exact) mass is 267 g/mol. The molecule has 0 spiro atoms. The van der Waals surface area contributed by atoms with E-state index in [0.29, 0.717) is 6.42 Å². The van der Waals surface area contributed by atoms with Crippen LogP contribution in [0.1, 0.15) is 28.8 Å². The van der Waals surface area contributed by atoms with E-state index in [9.17, 15) is 5.11 Å². The van der Waals surface area contributed by atoms with Crippen molar-refractivity contribution in [1.29, 1.82) is 0 Å². The molecule has 0 aliphatic carbocycles. The highest BCUT2D eigenvalue weighted by molar-refractivity contribution is 5.81. The molecule has 0 saturated heterocycles. The van der Waals surface area contributed by atoms with E-state index < -0.39 is 6.10 Å². The first-order valence-electron chi connectivity index (χ1n) is 6.73. The largest absolute Gasteiger partial charge is 0.466 e. The SMILES string of the molecule is Cc1cc(C(O)Cc2ccnc3ccccc23)c(C)o1. The summed E-state index contributed by atoms with van der Waals surface area (Å²) in [4.78, 5) is 4.34. The molecule has 0 aliphatic rings. The topological polar surface area (TPSA) is 46.3 Å². The number of aryl methyl sites for hydroxylation is 2. The fraction of sp³-hybridized carbons (Fsp3) is 0.235. The summed E-state index contributed by atoms with van der Waals surface area (Å²) in [6, 6.07) is 11.9. The predicted molar refractivity (Wildman–Crippen MR) is 78.6 cm³/mol. The van der Waals surface area contributed by atoms with E-state index in [0.717, 1.165) is 33.6 Å². The van der Waals surface area contributed by atoms with E-state index >= 15 is 0 Å². The summed E-state index contributed by atoms with van der Waals surface area (Å²) in [6.45, 7) is 3.78. The third-order valence-electron chi connectivity index (χ3n) is 3.59.